The smallest absolute Gasteiger partial charge is 0.329 e. The lowest BCUT2D eigenvalue weighted by Gasteiger charge is -2.17. The van der Waals surface area contributed by atoms with Gasteiger partial charge in [-0.3, -0.25) is 14.5 Å². The Balaban J connectivity index is 1.38. The summed E-state index contributed by atoms with van der Waals surface area (Å²) in [5.41, 5.74) is 1.71. The molecule has 0 aliphatic carbocycles. The van der Waals surface area contributed by atoms with E-state index in [2.05, 4.69) is 4.90 Å². The summed E-state index contributed by atoms with van der Waals surface area (Å²) in [6.07, 6.45) is 0.648. The number of fused-ring (bicyclic) bond motifs is 1. The van der Waals surface area contributed by atoms with E-state index in [9.17, 15) is 14.4 Å². The van der Waals surface area contributed by atoms with E-state index in [4.69, 9.17) is 4.84 Å². The summed E-state index contributed by atoms with van der Waals surface area (Å²) in [6.45, 7) is 2.09. The summed E-state index contributed by atoms with van der Waals surface area (Å²) < 4.78 is 0. The highest BCUT2D eigenvalue weighted by atomic mass is 16.7. The normalized spacial score (nSPS) is 19.7. The van der Waals surface area contributed by atoms with E-state index < -0.39 is 17.8 Å². The van der Waals surface area contributed by atoms with E-state index in [0.717, 1.165) is 13.1 Å². The molecule has 2 heterocycles. The summed E-state index contributed by atoms with van der Waals surface area (Å²) in [4.78, 5) is 44.3. The third kappa shape index (κ3) is 2.99. The third-order valence-electron chi connectivity index (χ3n) is 4.79. The number of hydrogen-bond acceptors (Lipinski definition) is 5. The first-order chi connectivity index (χ1) is 12.6. The molecule has 1 unspecified atom stereocenters. The molecule has 2 amide bonds. The number of amides is 2. The van der Waals surface area contributed by atoms with E-state index in [-0.39, 0.29) is 17.0 Å². The maximum atomic E-state index is 12.4. The van der Waals surface area contributed by atoms with Gasteiger partial charge in [-0.1, -0.05) is 47.5 Å². The maximum Gasteiger partial charge on any atom is 0.337 e. The first-order valence-electron chi connectivity index (χ1n) is 8.59. The number of carbonyl (C=O) groups excluding carboxylic acids is 3. The number of nitrogens with zero attached hydrogens (tertiary/aromatic N) is 2. The Kier molecular flexibility index (Phi) is 4.26. The lowest BCUT2D eigenvalue weighted by Crippen LogP contribution is -2.35. The average Bonchev–Trinajstić information content (AvgIpc) is 3.22. The van der Waals surface area contributed by atoms with Crippen LogP contribution in [0.2, 0.25) is 0 Å². The summed E-state index contributed by atoms with van der Waals surface area (Å²) in [5, 5.41) is 0.590. The van der Waals surface area contributed by atoms with Crippen LogP contribution in [0.1, 0.15) is 32.7 Å². The van der Waals surface area contributed by atoms with E-state index in [0.29, 0.717) is 18.0 Å². The molecule has 6 nitrogen and oxygen atoms in total. The monoisotopic (exact) mass is 350 g/mol. The van der Waals surface area contributed by atoms with E-state index in [1.165, 1.54) is 5.56 Å². The Morgan fingerprint density at radius 2 is 1.58 bits per heavy atom. The molecule has 6 heteroatoms. The zero-order chi connectivity index (χ0) is 18.1. The standard InChI is InChI=1S/C20H18N2O4/c23-18-16-8-4-5-9-17(16)19(24)22(18)26-20(25)15-10-11-21(13-15)12-14-6-2-1-3-7-14/h1-9,15H,10-13H2. The van der Waals surface area contributed by atoms with E-state index in [1.54, 1.807) is 24.3 Å². The van der Waals surface area contributed by atoms with Gasteiger partial charge in [0.1, 0.15) is 0 Å². The van der Waals surface area contributed by atoms with Crippen LogP contribution in [0.3, 0.4) is 0 Å². The zero-order valence-electron chi connectivity index (χ0n) is 14.1. The van der Waals surface area contributed by atoms with Crippen molar-refractivity contribution in [1.29, 1.82) is 0 Å². The second-order valence-corrected chi connectivity index (χ2v) is 6.57. The minimum Gasteiger partial charge on any atom is -0.329 e. The van der Waals surface area contributed by atoms with Crippen molar-refractivity contribution in [3.8, 4) is 0 Å². The van der Waals surface area contributed by atoms with Crippen molar-refractivity contribution in [2.24, 2.45) is 5.92 Å². The molecule has 0 bridgehead atoms. The lowest BCUT2D eigenvalue weighted by molar-refractivity contribution is -0.173. The summed E-state index contributed by atoms with van der Waals surface area (Å²) in [5.74, 6) is -2.05. The molecular weight excluding hydrogens is 332 g/mol. The third-order valence-corrected chi connectivity index (χ3v) is 4.79. The number of benzene rings is 2. The predicted octanol–water partition coefficient (Wildman–Crippen LogP) is 2.26. The Morgan fingerprint density at radius 1 is 0.962 bits per heavy atom. The van der Waals surface area contributed by atoms with Gasteiger partial charge in [-0.15, -0.1) is 0 Å². The van der Waals surface area contributed by atoms with Gasteiger partial charge < -0.3 is 4.84 Å². The van der Waals surface area contributed by atoms with Gasteiger partial charge in [0.25, 0.3) is 11.8 Å². The van der Waals surface area contributed by atoms with Crippen LogP contribution < -0.4 is 0 Å². The average molecular weight is 350 g/mol. The van der Waals surface area contributed by atoms with Crippen LogP contribution in [-0.2, 0) is 16.2 Å². The molecule has 132 valence electrons. The molecule has 0 saturated carbocycles. The van der Waals surface area contributed by atoms with Crippen LogP contribution in [0.4, 0.5) is 0 Å². The molecule has 2 aliphatic heterocycles. The van der Waals surface area contributed by atoms with Crippen LogP contribution in [0.5, 0.6) is 0 Å². The molecule has 1 fully saturated rings. The topological polar surface area (TPSA) is 66.9 Å². The molecule has 1 atom stereocenters. The number of imide groups is 1. The number of rotatable bonds is 4. The maximum absolute atomic E-state index is 12.4. The predicted molar refractivity (Wildman–Crippen MR) is 92.9 cm³/mol. The highest BCUT2D eigenvalue weighted by molar-refractivity contribution is 6.20. The lowest BCUT2D eigenvalue weighted by atomic mass is 10.1. The van der Waals surface area contributed by atoms with Gasteiger partial charge in [-0.05, 0) is 30.7 Å². The molecule has 2 aromatic rings. The minimum atomic E-state index is -0.585. The fraction of sp³-hybridized carbons (Fsp3) is 0.250. The van der Waals surface area contributed by atoms with Gasteiger partial charge in [-0.25, -0.2) is 4.79 Å². The van der Waals surface area contributed by atoms with Crippen molar-refractivity contribution in [2.45, 2.75) is 13.0 Å². The van der Waals surface area contributed by atoms with Gasteiger partial charge in [0.15, 0.2) is 0 Å². The van der Waals surface area contributed by atoms with Crippen LogP contribution in [0.25, 0.3) is 0 Å². The van der Waals surface area contributed by atoms with E-state index in [1.807, 2.05) is 30.3 Å². The molecule has 0 N–H and O–H groups in total. The molecule has 0 aromatic heterocycles. The second kappa shape index (κ2) is 6.72. The number of likely N-dealkylation sites (tertiary alicyclic amines) is 1. The Hall–Kier alpha value is -2.99. The van der Waals surface area contributed by atoms with Gasteiger partial charge in [0.2, 0.25) is 0 Å². The van der Waals surface area contributed by atoms with Gasteiger partial charge >= 0.3 is 5.97 Å². The number of hydroxylamine groups is 2. The highest BCUT2D eigenvalue weighted by Crippen LogP contribution is 2.25. The Bertz CT molecular complexity index is 830. The minimum absolute atomic E-state index is 0.266. The number of carbonyl (C=O) groups is 3. The van der Waals surface area contributed by atoms with Crippen molar-refractivity contribution < 1.29 is 19.2 Å². The van der Waals surface area contributed by atoms with E-state index >= 15 is 0 Å². The quantitative estimate of drug-likeness (QED) is 0.792. The van der Waals surface area contributed by atoms with Gasteiger partial charge in [-0.2, -0.15) is 0 Å². The molecular formula is C20H18N2O4. The van der Waals surface area contributed by atoms with Crippen molar-refractivity contribution in [1.82, 2.24) is 9.96 Å². The SMILES string of the molecule is O=C(ON1C(=O)c2ccccc2C1=O)C1CCN(Cc2ccccc2)C1. The van der Waals surface area contributed by atoms with Crippen LogP contribution in [-0.4, -0.2) is 40.8 Å². The zero-order valence-corrected chi connectivity index (χ0v) is 14.1. The van der Waals surface area contributed by atoms with Crippen molar-refractivity contribution in [2.75, 3.05) is 13.1 Å². The fourth-order valence-corrected chi connectivity index (χ4v) is 3.42. The second-order valence-electron chi connectivity index (χ2n) is 6.57. The largest absolute Gasteiger partial charge is 0.337 e. The van der Waals surface area contributed by atoms with Crippen molar-refractivity contribution in [3.63, 3.8) is 0 Å². The summed E-state index contributed by atoms with van der Waals surface area (Å²) >= 11 is 0. The van der Waals surface area contributed by atoms with Gasteiger partial charge in [0.05, 0.1) is 17.0 Å². The molecule has 0 radical (unpaired) electrons. The number of hydrogen-bond donors (Lipinski definition) is 0. The summed E-state index contributed by atoms with van der Waals surface area (Å²) in [6, 6.07) is 16.5. The molecule has 1 saturated heterocycles. The first kappa shape index (κ1) is 16.5. The molecule has 26 heavy (non-hydrogen) atoms. The van der Waals surface area contributed by atoms with Crippen LogP contribution in [0, 0.1) is 5.92 Å². The Labute approximate surface area is 150 Å². The van der Waals surface area contributed by atoms with Crippen molar-refractivity contribution in [3.05, 3.63) is 71.3 Å². The Morgan fingerprint density at radius 3 is 2.23 bits per heavy atom. The molecule has 0 spiro atoms. The van der Waals surface area contributed by atoms with Crippen LogP contribution >= 0.6 is 0 Å². The molecule has 2 aliphatic rings. The van der Waals surface area contributed by atoms with Crippen molar-refractivity contribution >= 4 is 17.8 Å². The summed E-state index contributed by atoms with van der Waals surface area (Å²) in [7, 11) is 0. The van der Waals surface area contributed by atoms with Gasteiger partial charge in [0, 0.05) is 13.1 Å². The highest BCUT2D eigenvalue weighted by Gasteiger charge is 2.40. The molecule has 2 aromatic carbocycles. The first-order valence-corrected chi connectivity index (χ1v) is 8.59. The fourth-order valence-electron chi connectivity index (χ4n) is 3.42. The molecule has 4 rings (SSSR count). The van der Waals surface area contributed by atoms with Crippen LogP contribution in [0.15, 0.2) is 54.6 Å².